The van der Waals surface area contributed by atoms with Crippen LogP contribution >= 0.6 is 11.6 Å². The van der Waals surface area contributed by atoms with Crippen LogP contribution in [-0.4, -0.2) is 75.2 Å². The van der Waals surface area contributed by atoms with Gasteiger partial charge in [0.2, 0.25) is 11.9 Å². The molecule has 2 aromatic heterocycles. The number of piperazine rings is 1. The van der Waals surface area contributed by atoms with Crippen LogP contribution in [-0.2, 0) is 16.1 Å². The molecule has 1 atom stereocenters. The maximum absolute atomic E-state index is 13.2. The van der Waals surface area contributed by atoms with Crippen molar-refractivity contribution in [2.45, 2.75) is 26.5 Å². The first kappa shape index (κ1) is 31.0. The van der Waals surface area contributed by atoms with Crippen LogP contribution in [0.3, 0.4) is 0 Å². The summed E-state index contributed by atoms with van der Waals surface area (Å²) in [5.74, 6) is -0.272. The van der Waals surface area contributed by atoms with Crippen LogP contribution in [0.15, 0.2) is 48.7 Å². The number of nitrogens with two attached hydrogens (primary N) is 1. The highest BCUT2D eigenvalue weighted by Crippen LogP contribution is 2.36. The summed E-state index contributed by atoms with van der Waals surface area (Å²) in [5, 5.41) is 27.3. The lowest BCUT2D eigenvalue weighted by Crippen LogP contribution is -2.53. The van der Waals surface area contributed by atoms with E-state index >= 15 is 0 Å². The van der Waals surface area contributed by atoms with Crippen LogP contribution in [0.2, 0.25) is 5.02 Å². The monoisotopic (exact) mass is 627 g/mol. The Labute approximate surface area is 264 Å². The molecule has 15 heteroatoms. The Bertz CT molecular complexity index is 1810. The number of nitrogens with zero attached hydrogens (tertiary/aromatic N) is 9. The van der Waals surface area contributed by atoms with Crippen LogP contribution in [0.25, 0.3) is 5.65 Å². The summed E-state index contributed by atoms with van der Waals surface area (Å²) in [4.78, 5) is 39.1. The Morgan fingerprint density at radius 3 is 2.53 bits per heavy atom. The van der Waals surface area contributed by atoms with E-state index in [2.05, 4.69) is 26.5 Å². The van der Waals surface area contributed by atoms with Gasteiger partial charge in [-0.05, 0) is 31.5 Å². The summed E-state index contributed by atoms with van der Waals surface area (Å²) >= 11 is 6.89. The van der Waals surface area contributed by atoms with Crippen LogP contribution < -0.4 is 20.9 Å². The van der Waals surface area contributed by atoms with Crippen LogP contribution in [0.1, 0.15) is 30.7 Å². The molecule has 0 unspecified atom stereocenters. The van der Waals surface area contributed by atoms with Crippen LogP contribution in [0.4, 0.5) is 27.9 Å². The Balaban J connectivity index is 1.47. The van der Waals surface area contributed by atoms with E-state index in [0.29, 0.717) is 48.1 Å². The highest BCUT2D eigenvalue weighted by Gasteiger charge is 2.27. The van der Waals surface area contributed by atoms with Gasteiger partial charge < -0.3 is 20.7 Å². The fourth-order valence-electron chi connectivity index (χ4n) is 4.98. The number of ether oxygens (including phenoxy) is 1. The van der Waals surface area contributed by atoms with E-state index in [1.807, 2.05) is 46.2 Å². The first-order chi connectivity index (χ1) is 21.7. The minimum atomic E-state index is -0.661. The van der Waals surface area contributed by atoms with Crippen molar-refractivity contribution in [1.29, 1.82) is 10.5 Å². The van der Waals surface area contributed by atoms with E-state index in [1.54, 1.807) is 26.0 Å². The van der Waals surface area contributed by atoms with E-state index in [0.717, 1.165) is 5.56 Å². The number of nitrogens with one attached hydrogen (secondary N) is 1. The number of imidazole rings is 1. The molecule has 1 fully saturated rings. The Hall–Kier alpha value is -5.44. The molecule has 2 amide bonds. The molecule has 3 N–H and O–H groups in total. The van der Waals surface area contributed by atoms with Gasteiger partial charge >= 0.3 is 6.09 Å². The molecule has 0 saturated carbocycles. The zero-order valence-electron chi connectivity index (χ0n) is 24.6. The summed E-state index contributed by atoms with van der Waals surface area (Å²) in [6, 6.07) is 16.3. The number of aromatic nitrogens is 4. The van der Waals surface area contributed by atoms with Gasteiger partial charge in [0, 0.05) is 32.7 Å². The van der Waals surface area contributed by atoms with Gasteiger partial charge in [0.15, 0.2) is 17.2 Å². The SMILES string of the molecule is CCN(C(=O)OCc1ccccc1)c1nc(Nc2cc(C#N)cc(N3CCN([C@@H](C)C(N)=O)CC3)c2Cl)nn2c(C#N)cnc12. The number of carbonyl (C=O) groups is 2. The number of benzene rings is 2. The molecule has 45 heavy (non-hydrogen) atoms. The highest BCUT2D eigenvalue weighted by molar-refractivity contribution is 6.36. The van der Waals surface area contributed by atoms with Gasteiger partial charge in [0.1, 0.15) is 12.7 Å². The molecule has 3 heterocycles. The summed E-state index contributed by atoms with van der Waals surface area (Å²) in [7, 11) is 0. The van der Waals surface area contributed by atoms with Crippen molar-refractivity contribution in [3.8, 4) is 12.1 Å². The Kier molecular flexibility index (Phi) is 9.28. The van der Waals surface area contributed by atoms with Gasteiger partial charge in [-0.3, -0.25) is 14.6 Å². The van der Waals surface area contributed by atoms with Gasteiger partial charge in [0.05, 0.1) is 40.3 Å². The van der Waals surface area contributed by atoms with Crippen molar-refractivity contribution < 1.29 is 14.3 Å². The average molecular weight is 628 g/mol. The van der Waals surface area contributed by atoms with E-state index in [4.69, 9.17) is 22.1 Å². The van der Waals surface area contributed by atoms with Crippen molar-refractivity contribution in [3.05, 3.63) is 70.5 Å². The summed E-state index contributed by atoms with van der Waals surface area (Å²) in [6.45, 7) is 6.02. The molecule has 2 aromatic carbocycles. The second-order valence-corrected chi connectivity index (χ2v) is 10.6. The molecule has 1 aliphatic rings. The third-order valence-electron chi connectivity index (χ3n) is 7.50. The standard InChI is InChI=1S/C30H30ClN11O3/c1-3-41(30(44)45-18-20-7-5-4-6-8-20)28-27-35-17-22(16-33)42(27)38-29(37-28)36-23-13-21(15-32)14-24(25(23)31)40-11-9-39(10-12-40)19(2)26(34)43/h4-8,13-14,17,19H,3,9-12,18H2,1-2H3,(H2,34,43)(H,36,38)/t19-/m0/s1. The summed E-state index contributed by atoms with van der Waals surface area (Å²) in [5.41, 5.74) is 7.89. The Morgan fingerprint density at radius 2 is 1.89 bits per heavy atom. The first-order valence-electron chi connectivity index (χ1n) is 14.2. The fraction of sp³-hybridized carbons (Fsp3) is 0.300. The number of amides is 2. The van der Waals surface area contributed by atoms with Crippen molar-refractivity contribution in [2.24, 2.45) is 5.73 Å². The van der Waals surface area contributed by atoms with Gasteiger partial charge in [-0.15, -0.1) is 5.10 Å². The van der Waals surface area contributed by atoms with Crippen molar-refractivity contribution >= 4 is 52.4 Å². The summed E-state index contributed by atoms with van der Waals surface area (Å²) in [6.07, 6.45) is 0.673. The molecule has 5 rings (SSSR count). The summed E-state index contributed by atoms with van der Waals surface area (Å²) < 4.78 is 6.83. The number of hydrogen-bond acceptors (Lipinski definition) is 11. The first-order valence-corrected chi connectivity index (χ1v) is 14.5. The van der Waals surface area contributed by atoms with E-state index in [9.17, 15) is 20.1 Å². The van der Waals surface area contributed by atoms with E-state index in [-0.39, 0.29) is 42.2 Å². The molecule has 0 bridgehead atoms. The molecular weight excluding hydrogens is 598 g/mol. The lowest BCUT2D eigenvalue weighted by Gasteiger charge is -2.38. The van der Waals surface area contributed by atoms with Gasteiger partial charge in [-0.1, -0.05) is 41.9 Å². The minimum Gasteiger partial charge on any atom is -0.444 e. The lowest BCUT2D eigenvalue weighted by molar-refractivity contribution is -0.122. The fourth-order valence-corrected chi connectivity index (χ4v) is 5.26. The third-order valence-corrected chi connectivity index (χ3v) is 7.90. The lowest BCUT2D eigenvalue weighted by atomic mass is 10.1. The number of carbonyl (C=O) groups excluding carboxylic acids is 2. The van der Waals surface area contributed by atoms with Crippen molar-refractivity contribution in [2.75, 3.05) is 47.8 Å². The number of anilines is 4. The molecule has 0 spiro atoms. The zero-order chi connectivity index (χ0) is 32.1. The predicted octanol–water partition coefficient (Wildman–Crippen LogP) is 3.42. The van der Waals surface area contributed by atoms with Gasteiger partial charge in [0.25, 0.3) is 0 Å². The quantitative estimate of drug-likeness (QED) is 0.277. The van der Waals surface area contributed by atoms with E-state index in [1.165, 1.54) is 15.6 Å². The average Bonchev–Trinajstić information content (AvgIpc) is 3.48. The number of rotatable bonds is 9. The Morgan fingerprint density at radius 1 is 1.16 bits per heavy atom. The maximum Gasteiger partial charge on any atom is 0.415 e. The molecule has 1 saturated heterocycles. The largest absolute Gasteiger partial charge is 0.444 e. The van der Waals surface area contributed by atoms with Gasteiger partial charge in [-0.2, -0.15) is 20.0 Å². The third kappa shape index (κ3) is 6.57. The van der Waals surface area contributed by atoms with E-state index < -0.39 is 12.1 Å². The predicted molar refractivity (Wildman–Crippen MR) is 167 cm³/mol. The number of nitriles is 2. The molecular formula is C30H30ClN11O3. The normalized spacial score (nSPS) is 13.9. The van der Waals surface area contributed by atoms with Crippen molar-refractivity contribution in [1.82, 2.24) is 24.5 Å². The topological polar surface area (TPSA) is 182 Å². The molecule has 1 aliphatic heterocycles. The molecule has 0 radical (unpaired) electrons. The van der Waals surface area contributed by atoms with Gasteiger partial charge in [-0.25, -0.2) is 9.78 Å². The number of primary amides is 1. The number of fused-ring (bicyclic) bond motifs is 1. The molecule has 4 aromatic rings. The second-order valence-electron chi connectivity index (χ2n) is 10.2. The molecule has 0 aliphatic carbocycles. The number of halogens is 1. The zero-order valence-corrected chi connectivity index (χ0v) is 25.4. The minimum absolute atomic E-state index is 0.00403. The number of hydrogen-bond donors (Lipinski definition) is 2. The molecule has 14 nitrogen and oxygen atoms in total. The highest BCUT2D eigenvalue weighted by atomic mass is 35.5. The maximum atomic E-state index is 13.2. The van der Waals surface area contributed by atoms with Crippen LogP contribution in [0.5, 0.6) is 0 Å². The smallest absolute Gasteiger partial charge is 0.415 e. The van der Waals surface area contributed by atoms with Crippen LogP contribution in [0, 0.1) is 22.7 Å². The molecule has 230 valence electrons. The second kappa shape index (κ2) is 13.5. The van der Waals surface area contributed by atoms with Crippen molar-refractivity contribution in [3.63, 3.8) is 0 Å².